The van der Waals surface area contributed by atoms with Gasteiger partial charge in [0.25, 0.3) is 0 Å². The zero-order valence-electron chi connectivity index (χ0n) is 13.9. The molecule has 1 amide bonds. The van der Waals surface area contributed by atoms with Crippen LogP contribution in [0.25, 0.3) is 5.69 Å². The molecule has 4 N–H and O–H groups in total. The van der Waals surface area contributed by atoms with Crippen molar-refractivity contribution in [3.05, 3.63) is 35.9 Å². The van der Waals surface area contributed by atoms with Crippen LogP contribution in [-0.4, -0.2) is 40.6 Å². The maximum atomic E-state index is 9.74. The number of aromatic nitrogens is 2. The van der Waals surface area contributed by atoms with Gasteiger partial charge in [0.2, 0.25) is 12.3 Å². The number of carbonyl (C=O) groups excluding carboxylic acids is 1. The fraction of sp³-hybridized carbons (Fsp3) is 0.375. The van der Waals surface area contributed by atoms with E-state index in [1.54, 1.807) is 18.5 Å². The molecule has 0 aliphatic rings. The highest BCUT2D eigenvalue weighted by Gasteiger charge is 2.19. The Hall–Kier alpha value is -2.54. The maximum absolute atomic E-state index is 9.74. The number of primary amides is 1. The highest BCUT2D eigenvalue weighted by molar-refractivity contribution is 5.54. The van der Waals surface area contributed by atoms with Crippen LogP contribution < -0.4 is 15.8 Å². The zero-order chi connectivity index (χ0) is 17.5. The predicted octanol–water partition coefficient (Wildman–Crippen LogP) is 1.47. The first-order valence-corrected chi connectivity index (χ1v) is 7.17. The summed E-state index contributed by atoms with van der Waals surface area (Å²) in [6, 6.07) is 9.84. The molecule has 23 heavy (non-hydrogen) atoms. The van der Waals surface area contributed by atoms with Gasteiger partial charge in [0.05, 0.1) is 16.9 Å². The van der Waals surface area contributed by atoms with E-state index in [1.807, 2.05) is 44.3 Å². The van der Waals surface area contributed by atoms with Gasteiger partial charge in [0, 0.05) is 7.05 Å². The van der Waals surface area contributed by atoms with Crippen LogP contribution >= 0.6 is 0 Å². The van der Waals surface area contributed by atoms with Crippen molar-refractivity contribution in [2.75, 3.05) is 19.0 Å². The van der Waals surface area contributed by atoms with Crippen LogP contribution in [0.15, 0.2) is 30.3 Å². The number of nitrogens with two attached hydrogens (primary N) is 1. The number of benzene rings is 1. The molecule has 7 heteroatoms. The lowest BCUT2D eigenvalue weighted by molar-refractivity contribution is -0.106. The molecule has 0 unspecified atom stereocenters. The maximum Gasteiger partial charge on any atom is 0.238 e. The minimum atomic E-state index is -0.886. The van der Waals surface area contributed by atoms with Gasteiger partial charge in [0.1, 0.15) is 12.4 Å². The summed E-state index contributed by atoms with van der Waals surface area (Å²) in [5.41, 5.74) is 5.15. The fourth-order valence-electron chi connectivity index (χ4n) is 1.91. The molecule has 126 valence electrons. The van der Waals surface area contributed by atoms with Gasteiger partial charge in [0.15, 0.2) is 0 Å². The molecule has 0 atom stereocenters. The number of ether oxygens (including phenoxy) is 1. The monoisotopic (exact) mass is 320 g/mol. The Bertz CT molecular complexity index is 618. The lowest BCUT2D eigenvalue weighted by atomic mass is 10.2. The zero-order valence-corrected chi connectivity index (χ0v) is 13.9. The van der Waals surface area contributed by atoms with Crippen LogP contribution in [0.2, 0.25) is 0 Å². The van der Waals surface area contributed by atoms with Crippen LogP contribution in [0.1, 0.15) is 19.4 Å². The standard InChI is InChI=1S/C15H21N3O2.CH3NO/c1-11-13(16-4)18(12-8-6-5-7-9-12)17-14(11)20-10-15(2,3)19;2-1-3/h5-9,16,19H,10H2,1-4H3;1H,(H2,2,3). The molecule has 7 nitrogen and oxygen atoms in total. The topological polar surface area (TPSA) is 102 Å². The van der Waals surface area contributed by atoms with Crippen LogP contribution in [0.4, 0.5) is 5.82 Å². The van der Waals surface area contributed by atoms with Crippen molar-refractivity contribution in [3.8, 4) is 11.6 Å². The average Bonchev–Trinajstić information content (AvgIpc) is 2.82. The van der Waals surface area contributed by atoms with Crippen LogP contribution in [-0.2, 0) is 4.79 Å². The molecule has 0 saturated heterocycles. The highest BCUT2D eigenvalue weighted by Crippen LogP contribution is 2.28. The minimum Gasteiger partial charge on any atom is -0.473 e. The third kappa shape index (κ3) is 5.30. The van der Waals surface area contributed by atoms with E-state index in [2.05, 4.69) is 16.1 Å². The Morgan fingerprint density at radius 2 is 1.96 bits per heavy atom. The van der Waals surface area contributed by atoms with Gasteiger partial charge in [-0.15, -0.1) is 5.10 Å². The molecule has 0 aliphatic heterocycles. The third-order valence-electron chi connectivity index (χ3n) is 2.88. The van der Waals surface area contributed by atoms with Crippen LogP contribution in [0.5, 0.6) is 5.88 Å². The number of aliphatic hydroxyl groups is 1. The second-order valence-electron chi connectivity index (χ2n) is 5.51. The van der Waals surface area contributed by atoms with Gasteiger partial charge in [-0.3, -0.25) is 4.79 Å². The molecular formula is C16H24N4O3. The minimum absolute atomic E-state index is 0.197. The number of hydrogen-bond acceptors (Lipinski definition) is 5. The number of hydrogen-bond donors (Lipinski definition) is 3. The molecule has 1 heterocycles. The molecule has 0 saturated carbocycles. The Morgan fingerprint density at radius 3 is 2.43 bits per heavy atom. The summed E-state index contributed by atoms with van der Waals surface area (Å²) in [7, 11) is 1.85. The summed E-state index contributed by atoms with van der Waals surface area (Å²) in [5.74, 6) is 1.40. The van der Waals surface area contributed by atoms with Gasteiger partial charge in [-0.25, -0.2) is 4.68 Å². The fourth-order valence-corrected chi connectivity index (χ4v) is 1.91. The second kappa shape index (κ2) is 8.19. The Morgan fingerprint density at radius 1 is 1.39 bits per heavy atom. The quantitative estimate of drug-likeness (QED) is 0.724. The first-order chi connectivity index (χ1) is 10.8. The van der Waals surface area contributed by atoms with E-state index in [9.17, 15) is 5.11 Å². The molecule has 2 rings (SSSR count). The third-order valence-corrected chi connectivity index (χ3v) is 2.88. The molecule has 0 fully saturated rings. The number of carbonyl (C=O) groups is 1. The van der Waals surface area contributed by atoms with E-state index in [1.165, 1.54) is 0 Å². The lowest BCUT2D eigenvalue weighted by Crippen LogP contribution is -2.28. The van der Waals surface area contributed by atoms with Gasteiger partial charge >= 0.3 is 0 Å². The molecule has 1 aromatic heterocycles. The average molecular weight is 320 g/mol. The normalized spacial score (nSPS) is 10.5. The van der Waals surface area contributed by atoms with Gasteiger partial charge in [-0.05, 0) is 32.9 Å². The molecule has 0 bridgehead atoms. The molecule has 0 aliphatic carbocycles. The number of amides is 1. The first-order valence-electron chi connectivity index (χ1n) is 7.17. The van der Waals surface area contributed by atoms with Crippen molar-refractivity contribution in [2.24, 2.45) is 5.73 Å². The summed E-state index contributed by atoms with van der Waals surface area (Å²) >= 11 is 0. The van der Waals surface area contributed by atoms with Crippen LogP contribution in [0.3, 0.4) is 0 Å². The van der Waals surface area contributed by atoms with Crippen molar-refractivity contribution < 1.29 is 14.6 Å². The Kier molecular flexibility index (Phi) is 6.59. The highest BCUT2D eigenvalue weighted by atomic mass is 16.5. The molecule has 0 radical (unpaired) electrons. The summed E-state index contributed by atoms with van der Waals surface area (Å²) < 4.78 is 7.42. The van der Waals surface area contributed by atoms with E-state index in [-0.39, 0.29) is 13.0 Å². The van der Waals surface area contributed by atoms with Crippen molar-refractivity contribution >= 4 is 12.2 Å². The Balaban J connectivity index is 0.000000816. The predicted molar refractivity (Wildman–Crippen MR) is 89.9 cm³/mol. The number of nitrogens with one attached hydrogen (secondary N) is 1. The van der Waals surface area contributed by atoms with Gasteiger partial charge in [-0.2, -0.15) is 0 Å². The summed E-state index contributed by atoms with van der Waals surface area (Å²) in [6.45, 7) is 5.55. The molecule has 2 aromatic rings. The molecular weight excluding hydrogens is 296 g/mol. The van der Waals surface area contributed by atoms with Crippen molar-refractivity contribution in [1.29, 1.82) is 0 Å². The number of rotatable bonds is 5. The molecule has 1 aromatic carbocycles. The lowest BCUT2D eigenvalue weighted by Gasteiger charge is -2.16. The largest absolute Gasteiger partial charge is 0.473 e. The van der Waals surface area contributed by atoms with Gasteiger partial charge in [-0.1, -0.05) is 18.2 Å². The SMILES string of the molecule is CNc1c(C)c(OCC(C)(C)O)nn1-c1ccccc1.NC=O. The van der Waals surface area contributed by atoms with E-state index < -0.39 is 5.60 Å². The van der Waals surface area contributed by atoms with Crippen LogP contribution in [0, 0.1) is 6.92 Å². The van der Waals surface area contributed by atoms with E-state index >= 15 is 0 Å². The van der Waals surface area contributed by atoms with Gasteiger partial charge < -0.3 is 20.9 Å². The summed E-state index contributed by atoms with van der Waals surface area (Å²) in [6.07, 6.45) is 0.250. The van der Waals surface area contributed by atoms with E-state index in [0.717, 1.165) is 17.1 Å². The smallest absolute Gasteiger partial charge is 0.238 e. The van der Waals surface area contributed by atoms with Crippen molar-refractivity contribution in [3.63, 3.8) is 0 Å². The Labute approximate surface area is 136 Å². The summed E-state index contributed by atoms with van der Waals surface area (Å²) in [4.78, 5) is 8.58. The summed E-state index contributed by atoms with van der Waals surface area (Å²) in [5, 5.41) is 17.4. The second-order valence-corrected chi connectivity index (χ2v) is 5.51. The first kappa shape index (κ1) is 18.5. The van der Waals surface area contributed by atoms with Crippen molar-refractivity contribution in [2.45, 2.75) is 26.4 Å². The number of para-hydroxylation sites is 1. The van der Waals surface area contributed by atoms with E-state index in [0.29, 0.717) is 5.88 Å². The van der Waals surface area contributed by atoms with E-state index in [4.69, 9.17) is 9.53 Å². The number of nitrogens with zero attached hydrogens (tertiary/aromatic N) is 2. The molecule has 0 spiro atoms. The number of anilines is 1. The van der Waals surface area contributed by atoms with Crippen molar-refractivity contribution in [1.82, 2.24) is 9.78 Å².